The first-order valence-electron chi connectivity index (χ1n) is 11.5. The third kappa shape index (κ3) is 5.59. The van der Waals surface area contributed by atoms with E-state index in [9.17, 15) is 9.59 Å². The van der Waals surface area contributed by atoms with Gasteiger partial charge in [-0.15, -0.1) is 0 Å². The summed E-state index contributed by atoms with van der Waals surface area (Å²) in [6.45, 7) is 3.96. The highest BCUT2D eigenvalue weighted by atomic mass is 16.2. The summed E-state index contributed by atoms with van der Waals surface area (Å²) in [6, 6.07) is 10.2. The van der Waals surface area contributed by atoms with Gasteiger partial charge in [0.1, 0.15) is 0 Å². The molecule has 2 amide bonds. The fourth-order valence-corrected chi connectivity index (χ4v) is 4.93. The highest BCUT2D eigenvalue weighted by Crippen LogP contribution is 2.32. The van der Waals surface area contributed by atoms with E-state index in [0.29, 0.717) is 18.3 Å². The van der Waals surface area contributed by atoms with E-state index in [-0.39, 0.29) is 17.9 Å². The fourth-order valence-electron chi connectivity index (χ4n) is 4.93. The van der Waals surface area contributed by atoms with E-state index in [1.807, 2.05) is 23.1 Å². The maximum Gasteiger partial charge on any atom is 0.237 e. The maximum atomic E-state index is 13.0. The van der Waals surface area contributed by atoms with Crippen molar-refractivity contribution in [2.75, 3.05) is 32.7 Å². The summed E-state index contributed by atoms with van der Waals surface area (Å²) >= 11 is 0. The summed E-state index contributed by atoms with van der Waals surface area (Å²) in [6.07, 6.45) is 8.71. The Kier molecular flexibility index (Phi) is 6.86. The maximum absolute atomic E-state index is 13.0. The lowest BCUT2D eigenvalue weighted by Gasteiger charge is -2.40. The Bertz CT molecular complexity index is 675. The number of benzene rings is 1. The minimum atomic E-state index is -0.00202. The number of carbonyl (C=O) groups excluding carboxylic acids is 2. The molecule has 1 unspecified atom stereocenters. The van der Waals surface area contributed by atoms with Crippen LogP contribution in [0.5, 0.6) is 0 Å². The number of nitrogens with zero attached hydrogens (tertiary/aromatic N) is 2. The van der Waals surface area contributed by atoms with Gasteiger partial charge in [0.15, 0.2) is 0 Å². The Hall–Kier alpha value is -1.88. The minimum Gasteiger partial charge on any atom is -0.354 e. The van der Waals surface area contributed by atoms with E-state index in [1.54, 1.807) is 0 Å². The first-order valence-corrected chi connectivity index (χ1v) is 11.5. The lowest BCUT2D eigenvalue weighted by atomic mass is 9.95. The Morgan fingerprint density at radius 2 is 1.66 bits per heavy atom. The van der Waals surface area contributed by atoms with Crippen LogP contribution in [-0.4, -0.2) is 60.4 Å². The molecule has 0 bridgehead atoms. The number of hydrogen-bond acceptors (Lipinski definition) is 3. The molecule has 1 aliphatic heterocycles. The van der Waals surface area contributed by atoms with E-state index in [4.69, 9.17) is 0 Å². The largest absolute Gasteiger partial charge is 0.354 e. The molecule has 2 aliphatic carbocycles. The second kappa shape index (κ2) is 9.75. The molecule has 2 saturated carbocycles. The van der Waals surface area contributed by atoms with Crippen molar-refractivity contribution in [3.8, 4) is 0 Å². The summed E-state index contributed by atoms with van der Waals surface area (Å²) < 4.78 is 0. The van der Waals surface area contributed by atoms with Gasteiger partial charge in [-0.1, -0.05) is 43.2 Å². The molecule has 1 aromatic carbocycles. The zero-order chi connectivity index (χ0) is 20.1. The second-order valence-electron chi connectivity index (χ2n) is 9.08. The van der Waals surface area contributed by atoms with Gasteiger partial charge in [0.2, 0.25) is 11.8 Å². The molecule has 0 aromatic heterocycles. The standard InChI is InChI=1S/C24H35N3O2/c28-22(13-12-19-6-2-1-3-7-19)26-14-16-27(17-15-26)23(21-8-4-5-9-21)24(29)25-18-20-10-11-20/h1-3,6-7,20-21,23H,4-5,8-18H2,(H,25,29). The van der Waals surface area contributed by atoms with Crippen LogP contribution < -0.4 is 5.32 Å². The van der Waals surface area contributed by atoms with Gasteiger partial charge < -0.3 is 10.2 Å². The summed E-state index contributed by atoms with van der Waals surface area (Å²) in [5, 5.41) is 3.23. The summed E-state index contributed by atoms with van der Waals surface area (Å²) in [4.78, 5) is 30.0. The lowest BCUT2D eigenvalue weighted by molar-refractivity contribution is -0.135. The van der Waals surface area contributed by atoms with Crippen LogP contribution in [0.15, 0.2) is 30.3 Å². The van der Waals surface area contributed by atoms with Crippen molar-refractivity contribution in [3.63, 3.8) is 0 Å². The Morgan fingerprint density at radius 3 is 2.31 bits per heavy atom. The number of aryl methyl sites for hydroxylation is 1. The van der Waals surface area contributed by atoms with Crippen LogP contribution in [0.3, 0.4) is 0 Å². The highest BCUT2D eigenvalue weighted by molar-refractivity contribution is 5.82. The minimum absolute atomic E-state index is 0.00202. The average molecular weight is 398 g/mol. The van der Waals surface area contributed by atoms with Crippen LogP contribution in [0.1, 0.15) is 50.5 Å². The number of amides is 2. The Labute approximate surface area is 174 Å². The van der Waals surface area contributed by atoms with E-state index in [1.165, 1.54) is 31.2 Å². The van der Waals surface area contributed by atoms with Crippen LogP contribution in [-0.2, 0) is 16.0 Å². The van der Waals surface area contributed by atoms with Gasteiger partial charge in [-0.3, -0.25) is 14.5 Å². The van der Waals surface area contributed by atoms with Gasteiger partial charge in [0, 0.05) is 39.1 Å². The summed E-state index contributed by atoms with van der Waals surface area (Å²) in [7, 11) is 0. The lowest BCUT2D eigenvalue weighted by Crippen LogP contribution is -2.58. The molecular formula is C24H35N3O2. The zero-order valence-electron chi connectivity index (χ0n) is 17.5. The molecule has 158 valence electrons. The van der Waals surface area contributed by atoms with Gasteiger partial charge in [-0.25, -0.2) is 0 Å². The molecule has 4 rings (SSSR count). The van der Waals surface area contributed by atoms with E-state index in [2.05, 4.69) is 22.3 Å². The molecular weight excluding hydrogens is 362 g/mol. The predicted molar refractivity (Wildman–Crippen MR) is 114 cm³/mol. The highest BCUT2D eigenvalue weighted by Gasteiger charge is 2.37. The Balaban J connectivity index is 1.28. The molecule has 5 heteroatoms. The third-order valence-electron chi connectivity index (χ3n) is 6.91. The number of piperazine rings is 1. The van der Waals surface area contributed by atoms with Gasteiger partial charge in [-0.05, 0) is 49.5 Å². The predicted octanol–water partition coefficient (Wildman–Crippen LogP) is 2.85. The van der Waals surface area contributed by atoms with Crippen LogP contribution in [0.2, 0.25) is 0 Å². The second-order valence-corrected chi connectivity index (χ2v) is 9.08. The molecule has 0 radical (unpaired) electrons. The quantitative estimate of drug-likeness (QED) is 0.734. The van der Waals surface area contributed by atoms with Crippen molar-refractivity contribution in [2.45, 2.75) is 57.4 Å². The smallest absolute Gasteiger partial charge is 0.237 e. The van der Waals surface area contributed by atoms with Crippen LogP contribution in [0.25, 0.3) is 0 Å². The number of carbonyl (C=O) groups is 2. The normalized spacial score (nSPS) is 21.9. The molecule has 3 fully saturated rings. The third-order valence-corrected chi connectivity index (χ3v) is 6.91. The summed E-state index contributed by atoms with van der Waals surface area (Å²) in [5.74, 6) is 1.66. The van der Waals surface area contributed by atoms with Gasteiger partial charge in [0.25, 0.3) is 0 Å². The van der Waals surface area contributed by atoms with Crippen LogP contribution >= 0.6 is 0 Å². The van der Waals surface area contributed by atoms with E-state index >= 15 is 0 Å². The van der Waals surface area contributed by atoms with Crippen LogP contribution in [0.4, 0.5) is 0 Å². The van der Waals surface area contributed by atoms with Gasteiger partial charge in [-0.2, -0.15) is 0 Å². The van der Waals surface area contributed by atoms with Gasteiger partial charge in [0.05, 0.1) is 6.04 Å². The molecule has 0 spiro atoms. The van der Waals surface area contributed by atoms with E-state index < -0.39 is 0 Å². The topological polar surface area (TPSA) is 52.7 Å². The molecule has 1 aromatic rings. The number of rotatable bonds is 8. The van der Waals surface area contributed by atoms with Crippen molar-refractivity contribution in [3.05, 3.63) is 35.9 Å². The molecule has 3 aliphatic rings. The van der Waals surface area contributed by atoms with Crippen molar-refractivity contribution in [2.24, 2.45) is 11.8 Å². The first-order chi connectivity index (χ1) is 14.2. The zero-order valence-corrected chi connectivity index (χ0v) is 17.5. The van der Waals surface area contributed by atoms with Crippen molar-refractivity contribution >= 4 is 11.8 Å². The summed E-state index contributed by atoms with van der Waals surface area (Å²) in [5.41, 5.74) is 1.22. The van der Waals surface area contributed by atoms with E-state index in [0.717, 1.165) is 52.0 Å². The van der Waals surface area contributed by atoms with Crippen LogP contribution in [0, 0.1) is 11.8 Å². The SMILES string of the molecule is O=C(NCC1CC1)C(C1CCCC1)N1CCN(C(=O)CCc2ccccc2)CC1. The van der Waals surface area contributed by atoms with Crippen molar-refractivity contribution in [1.29, 1.82) is 0 Å². The Morgan fingerprint density at radius 1 is 0.966 bits per heavy atom. The molecule has 1 atom stereocenters. The first kappa shape index (κ1) is 20.4. The van der Waals surface area contributed by atoms with Crippen molar-refractivity contribution in [1.82, 2.24) is 15.1 Å². The molecule has 29 heavy (non-hydrogen) atoms. The monoisotopic (exact) mass is 397 g/mol. The average Bonchev–Trinajstić information content (AvgIpc) is 3.45. The number of nitrogens with one attached hydrogen (secondary N) is 1. The molecule has 1 saturated heterocycles. The van der Waals surface area contributed by atoms with Crippen molar-refractivity contribution < 1.29 is 9.59 Å². The number of hydrogen-bond donors (Lipinski definition) is 1. The fraction of sp³-hybridized carbons (Fsp3) is 0.667. The molecule has 5 nitrogen and oxygen atoms in total. The molecule has 1 heterocycles. The van der Waals surface area contributed by atoms with Gasteiger partial charge >= 0.3 is 0 Å². The molecule has 1 N–H and O–H groups in total.